The van der Waals surface area contributed by atoms with Crippen LogP contribution in [0, 0.1) is 0 Å². The topological polar surface area (TPSA) is 60.2 Å². The Bertz CT molecular complexity index is 250. The summed E-state index contributed by atoms with van der Waals surface area (Å²) >= 11 is 0. The Kier molecular flexibility index (Phi) is 5.17. The van der Waals surface area contributed by atoms with Crippen molar-refractivity contribution in [1.29, 1.82) is 0 Å². The average molecular weight is 199 g/mol. The van der Waals surface area contributed by atoms with E-state index >= 15 is 0 Å². The molecule has 80 valence electrons. The minimum absolute atomic E-state index is 0.637. The Morgan fingerprint density at radius 2 is 2.07 bits per heavy atom. The van der Waals surface area contributed by atoms with Gasteiger partial charge in [0.15, 0.2) is 0 Å². The van der Waals surface area contributed by atoms with Crippen molar-refractivity contribution in [2.75, 3.05) is 19.8 Å². The van der Waals surface area contributed by atoms with Gasteiger partial charge in [-0.15, -0.1) is 10.2 Å². The van der Waals surface area contributed by atoms with Crippen LogP contribution in [0.4, 0.5) is 0 Å². The number of aromatic nitrogens is 2. The molecule has 5 heteroatoms. The lowest BCUT2D eigenvalue weighted by molar-refractivity contribution is 0.145. The van der Waals surface area contributed by atoms with Gasteiger partial charge in [-0.25, -0.2) is 0 Å². The van der Waals surface area contributed by atoms with Gasteiger partial charge in [-0.1, -0.05) is 6.92 Å². The van der Waals surface area contributed by atoms with E-state index in [0.29, 0.717) is 31.4 Å². The highest BCUT2D eigenvalue weighted by atomic mass is 16.5. The monoisotopic (exact) mass is 199 g/mol. The van der Waals surface area contributed by atoms with E-state index in [1.807, 2.05) is 13.8 Å². The van der Waals surface area contributed by atoms with E-state index < -0.39 is 0 Å². The van der Waals surface area contributed by atoms with Gasteiger partial charge in [-0.05, 0) is 13.5 Å². The Labute approximate surface area is 83.9 Å². The van der Waals surface area contributed by atoms with Crippen LogP contribution in [0.1, 0.15) is 25.6 Å². The fourth-order valence-electron chi connectivity index (χ4n) is 0.997. The maximum atomic E-state index is 5.37. The van der Waals surface area contributed by atoms with Gasteiger partial charge in [-0.2, -0.15) is 0 Å². The summed E-state index contributed by atoms with van der Waals surface area (Å²) in [5.74, 6) is 1.28. The third kappa shape index (κ3) is 3.85. The first-order chi connectivity index (χ1) is 6.86. The van der Waals surface area contributed by atoms with Crippen LogP contribution >= 0.6 is 0 Å². The Balaban J connectivity index is 2.27. The minimum atomic E-state index is 0.637. The van der Waals surface area contributed by atoms with Crippen molar-refractivity contribution in [3.63, 3.8) is 0 Å². The largest absolute Gasteiger partial charge is 0.424 e. The quantitative estimate of drug-likeness (QED) is 0.657. The molecular weight excluding hydrogens is 182 g/mol. The third-order valence-corrected chi connectivity index (χ3v) is 1.70. The molecule has 0 saturated carbocycles. The van der Waals surface area contributed by atoms with Crippen molar-refractivity contribution in [3.05, 3.63) is 11.8 Å². The fraction of sp³-hybridized carbons (Fsp3) is 0.778. The molecule has 0 fully saturated rings. The highest BCUT2D eigenvalue weighted by Gasteiger charge is 2.04. The molecule has 0 aliphatic heterocycles. The lowest BCUT2D eigenvalue weighted by atomic mass is 10.5. The summed E-state index contributed by atoms with van der Waals surface area (Å²) in [6.45, 7) is 6.89. The standard InChI is InChI=1S/C9H17N3O2/c1-3-10-7-9-12-11-8(14-9)5-6-13-4-2/h10H,3-7H2,1-2H3. The van der Waals surface area contributed by atoms with Crippen LogP contribution in [0.2, 0.25) is 0 Å². The molecule has 0 bridgehead atoms. The molecule has 0 radical (unpaired) electrons. The molecule has 0 saturated heterocycles. The second kappa shape index (κ2) is 6.50. The van der Waals surface area contributed by atoms with Gasteiger partial charge in [0.25, 0.3) is 0 Å². The highest BCUT2D eigenvalue weighted by Crippen LogP contribution is 2.00. The SMILES string of the molecule is CCNCc1nnc(CCOCC)o1. The number of nitrogens with one attached hydrogen (secondary N) is 1. The van der Waals surface area contributed by atoms with Gasteiger partial charge in [0.05, 0.1) is 13.2 Å². The smallest absolute Gasteiger partial charge is 0.230 e. The van der Waals surface area contributed by atoms with E-state index in [9.17, 15) is 0 Å². The number of hydrogen-bond donors (Lipinski definition) is 1. The van der Waals surface area contributed by atoms with Crippen molar-refractivity contribution < 1.29 is 9.15 Å². The minimum Gasteiger partial charge on any atom is -0.424 e. The van der Waals surface area contributed by atoms with Crippen LogP contribution in [-0.2, 0) is 17.7 Å². The molecule has 1 rings (SSSR count). The predicted octanol–water partition coefficient (Wildman–Crippen LogP) is 0.758. The summed E-state index contributed by atoms with van der Waals surface area (Å²) in [5.41, 5.74) is 0. The van der Waals surface area contributed by atoms with Crippen molar-refractivity contribution in [1.82, 2.24) is 15.5 Å². The lowest BCUT2D eigenvalue weighted by Gasteiger charge is -1.96. The molecule has 0 aliphatic rings. The normalized spacial score (nSPS) is 10.7. The summed E-state index contributed by atoms with van der Waals surface area (Å²) in [7, 11) is 0. The zero-order valence-electron chi connectivity index (χ0n) is 8.75. The van der Waals surface area contributed by atoms with Gasteiger partial charge in [0.1, 0.15) is 0 Å². The highest BCUT2D eigenvalue weighted by molar-refractivity contribution is 4.81. The summed E-state index contributed by atoms with van der Waals surface area (Å²) in [4.78, 5) is 0. The Morgan fingerprint density at radius 3 is 2.79 bits per heavy atom. The maximum Gasteiger partial charge on any atom is 0.230 e. The van der Waals surface area contributed by atoms with E-state index in [0.717, 1.165) is 13.2 Å². The van der Waals surface area contributed by atoms with Crippen LogP contribution in [-0.4, -0.2) is 30.0 Å². The van der Waals surface area contributed by atoms with Crippen LogP contribution in [0.25, 0.3) is 0 Å². The van der Waals surface area contributed by atoms with Crippen molar-refractivity contribution in [3.8, 4) is 0 Å². The second-order valence-corrected chi connectivity index (χ2v) is 2.82. The number of nitrogens with zero attached hydrogens (tertiary/aromatic N) is 2. The average Bonchev–Trinajstić information content (AvgIpc) is 2.63. The predicted molar refractivity (Wildman–Crippen MR) is 51.9 cm³/mol. The zero-order valence-corrected chi connectivity index (χ0v) is 8.75. The van der Waals surface area contributed by atoms with Gasteiger partial charge in [0, 0.05) is 13.0 Å². The molecule has 0 aromatic carbocycles. The third-order valence-electron chi connectivity index (χ3n) is 1.70. The first kappa shape index (κ1) is 11.1. The molecule has 0 unspecified atom stereocenters. The maximum absolute atomic E-state index is 5.37. The van der Waals surface area contributed by atoms with Crippen LogP contribution < -0.4 is 5.32 Å². The summed E-state index contributed by atoms with van der Waals surface area (Å²) in [6.07, 6.45) is 0.687. The van der Waals surface area contributed by atoms with E-state index in [1.54, 1.807) is 0 Å². The van der Waals surface area contributed by atoms with Gasteiger partial charge in [-0.3, -0.25) is 0 Å². The molecule has 1 aromatic rings. The van der Waals surface area contributed by atoms with E-state index in [-0.39, 0.29) is 0 Å². The second-order valence-electron chi connectivity index (χ2n) is 2.82. The number of ether oxygens (including phenoxy) is 1. The molecule has 0 aliphatic carbocycles. The first-order valence-electron chi connectivity index (χ1n) is 4.96. The van der Waals surface area contributed by atoms with E-state index in [2.05, 4.69) is 15.5 Å². The van der Waals surface area contributed by atoms with Crippen LogP contribution in [0.3, 0.4) is 0 Å². The summed E-state index contributed by atoms with van der Waals surface area (Å²) in [5, 5.41) is 10.9. The van der Waals surface area contributed by atoms with Gasteiger partial charge < -0.3 is 14.5 Å². The van der Waals surface area contributed by atoms with Crippen molar-refractivity contribution >= 4 is 0 Å². The summed E-state index contributed by atoms with van der Waals surface area (Å²) in [6, 6.07) is 0. The molecule has 1 heterocycles. The van der Waals surface area contributed by atoms with Crippen molar-refractivity contribution in [2.45, 2.75) is 26.8 Å². The van der Waals surface area contributed by atoms with Crippen LogP contribution in [0.5, 0.6) is 0 Å². The first-order valence-corrected chi connectivity index (χ1v) is 4.96. The zero-order chi connectivity index (χ0) is 10.2. The Morgan fingerprint density at radius 1 is 1.29 bits per heavy atom. The molecule has 0 spiro atoms. The number of rotatable bonds is 7. The molecule has 5 nitrogen and oxygen atoms in total. The lowest BCUT2D eigenvalue weighted by Crippen LogP contribution is -2.11. The van der Waals surface area contributed by atoms with E-state index in [1.165, 1.54) is 0 Å². The van der Waals surface area contributed by atoms with Gasteiger partial charge in [0.2, 0.25) is 11.8 Å². The van der Waals surface area contributed by atoms with Gasteiger partial charge >= 0.3 is 0 Å². The van der Waals surface area contributed by atoms with Crippen molar-refractivity contribution in [2.24, 2.45) is 0 Å². The number of hydrogen-bond acceptors (Lipinski definition) is 5. The summed E-state index contributed by atoms with van der Waals surface area (Å²) < 4.78 is 10.6. The molecule has 1 aromatic heterocycles. The molecular formula is C9H17N3O2. The molecule has 0 amide bonds. The van der Waals surface area contributed by atoms with E-state index in [4.69, 9.17) is 9.15 Å². The fourth-order valence-corrected chi connectivity index (χ4v) is 0.997. The molecule has 0 atom stereocenters. The molecule has 1 N–H and O–H groups in total. The molecule has 14 heavy (non-hydrogen) atoms. The Hall–Kier alpha value is -0.940. The van der Waals surface area contributed by atoms with Crippen LogP contribution in [0.15, 0.2) is 4.42 Å².